The number of rotatable bonds is 5. The van der Waals surface area contributed by atoms with E-state index in [2.05, 4.69) is 10.6 Å². The third kappa shape index (κ3) is 4.97. The molecule has 0 bridgehead atoms. The van der Waals surface area contributed by atoms with Gasteiger partial charge in [0, 0.05) is 31.1 Å². The van der Waals surface area contributed by atoms with Gasteiger partial charge in [0.05, 0.1) is 12.8 Å². The second kappa shape index (κ2) is 6.75. The lowest BCUT2D eigenvalue weighted by atomic mass is 10.2. The molecular formula is C13H19N3O3. The quantitative estimate of drug-likeness (QED) is 0.748. The predicted octanol–water partition coefficient (Wildman–Crippen LogP) is 1.33. The van der Waals surface area contributed by atoms with Crippen LogP contribution in [0.1, 0.15) is 20.3 Å². The maximum absolute atomic E-state index is 11.6. The fourth-order valence-electron chi connectivity index (χ4n) is 1.57. The van der Waals surface area contributed by atoms with Crippen molar-refractivity contribution in [1.82, 2.24) is 0 Å². The molecule has 0 saturated carbocycles. The van der Waals surface area contributed by atoms with E-state index in [1.54, 1.807) is 25.1 Å². The number of hydrogen-bond acceptors (Lipinski definition) is 4. The Balaban J connectivity index is 2.82. The summed E-state index contributed by atoms with van der Waals surface area (Å²) in [5, 5.41) is 5.36. The fraction of sp³-hybridized carbons (Fsp3) is 0.385. The number of methoxy groups -OCH3 is 1. The van der Waals surface area contributed by atoms with E-state index < -0.39 is 0 Å². The second-order valence-electron chi connectivity index (χ2n) is 4.33. The van der Waals surface area contributed by atoms with Crippen molar-refractivity contribution in [2.24, 2.45) is 5.73 Å². The van der Waals surface area contributed by atoms with Gasteiger partial charge in [-0.25, -0.2) is 0 Å². The van der Waals surface area contributed by atoms with Crippen molar-refractivity contribution >= 4 is 23.2 Å². The molecule has 6 heteroatoms. The molecule has 104 valence electrons. The summed E-state index contributed by atoms with van der Waals surface area (Å²) in [7, 11) is 1.49. The summed E-state index contributed by atoms with van der Waals surface area (Å²) in [5.41, 5.74) is 6.70. The van der Waals surface area contributed by atoms with Gasteiger partial charge >= 0.3 is 0 Å². The molecule has 0 aromatic heterocycles. The summed E-state index contributed by atoms with van der Waals surface area (Å²) in [6.07, 6.45) is 0.246. The first kappa shape index (κ1) is 15.0. The van der Waals surface area contributed by atoms with E-state index in [1.165, 1.54) is 14.0 Å². The van der Waals surface area contributed by atoms with Crippen molar-refractivity contribution in [3.05, 3.63) is 18.2 Å². The highest BCUT2D eigenvalue weighted by Crippen LogP contribution is 2.27. The van der Waals surface area contributed by atoms with E-state index in [0.29, 0.717) is 17.1 Å². The zero-order chi connectivity index (χ0) is 14.4. The maximum atomic E-state index is 11.6. The van der Waals surface area contributed by atoms with Crippen LogP contribution in [0.25, 0.3) is 0 Å². The Kier molecular flexibility index (Phi) is 5.32. The first-order valence-electron chi connectivity index (χ1n) is 5.93. The lowest BCUT2D eigenvalue weighted by Gasteiger charge is -2.12. The normalized spacial score (nSPS) is 11.6. The second-order valence-corrected chi connectivity index (χ2v) is 4.33. The number of anilines is 2. The number of amides is 2. The Morgan fingerprint density at radius 1 is 1.37 bits per heavy atom. The molecular weight excluding hydrogens is 246 g/mol. The number of nitrogens with two attached hydrogens (primary N) is 1. The van der Waals surface area contributed by atoms with E-state index in [4.69, 9.17) is 10.5 Å². The van der Waals surface area contributed by atoms with Gasteiger partial charge in [-0.1, -0.05) is 0 Å². The molecule has 0 saturated heterocycles. The van der Waals surface area contributed by atoms with E-state index >= 15 is 0 Å². The van der Waals surface area contributed by atoms with Crippen molar-refractivity contribution in [3.63, 3.8) is 0 Å². The van der Waals surface area contributed by atoms with Crippen LogP contribution >= 0.6 is 0 Å². The zero-order valence-corrected chi connectivity index (χ0v) is 11.3. The molecule has 6 nitrogen and oxygen atoms in total. The van der Waals surface area contributed by atoms with Gasteiger partial charge in [-0.3, -0.25) is 9.59 Å². The average Bonchev–Trinajstić information content (AvgIpc) is 2.29. The van der Waals surface area contributed by atoms with Crippen molar-refractivity contribution < 1.29 is 14.3 Å². The zero-order valence-electron chi connectivity index (χ0n) is 11.3. The Hall–Kier alpha value is -2.08. The van der Waals surface area contributed by atoms with Crippen LogP contribution in [-0.4, -0.2) is 25.0 Å². The van der Waals surface area contributed by atoms with Crippen LogP contribution in [0, 0.1) is 0 Å². The van der Waals surface area contributed by atoms with Crippen LogP contribution in [0.15, 0.2) is 18.2 Å². The van der Waals surface area contributed by atoms with Crippen LogP contribution in [0.4, 0.5) is 11.4 Å². The lowest BCUT2D eigenvalue weighted by Crippen LogP contribution is -2.24. The van der Waals surface area contributed by atoms with Crippen molar-refractivity contribution in [2.45, 2.75) is 26.3 Å². The molecule has 1 atom stereocenters. The van der Waals surface area contributed by atoms with Crippen molar-refractivity contribution in [3.8, 4) is 5.75 Å². The molecule has 0 aliphatic carbocycles. The van der Waals surface area contributed by atoms with Gasteiger partial charge in [0.2, 0.25) is 11.8 Å². The number of carbonyl (C=O) groups excluding carboxylic acids is 2. The number of benzene rings is 1. The average molecular weight is 265 g/mol. The SMILES string of the molecule is COc1cc(NC(=O)CC(C)N)ccc1NC(C)=O. The number of nitrogens with one attached hydrogen (secondary N) is 2. The first-order valence-corrected chi connectivity index (χ1v) is 5.93. The molecule has 0 spiro atoms. The fourth-order valence-corrected chi connectivity index (χ4v) is 1.57. The predicted molar refractivity (Wildman–Crippen MR) is 74.2 cm³/mol. The summed E-state index contributed by atoms with van der Waals surface area (Å²) < 4.78 is 5.16. The van der Waals surface area contributed by atoms with Crippen LogP contribution in [0.3, 0.4) is 0 Å². The van der Waals surface area contributed by atoms with E-state index in [-0.39, 0.29) is 24.3 Å². The minimum absolute atomic E-state index is 0.163. The smallest absolute Gasteiger partial charge is 0.225 e. The third-order valence-electron chi connectivity index (χ3n) is 2.30. The molecule has 0 fully saturated rings. The molecule has 1 aromatic carbocycles. The highest BCUT2D eigenvalue weighted by atomic mass is 16.5. The minimum Gasteiger partial charge on any atom is -0.494 e. The molecule has 19 heavy (non-hydrogen) atoms. The maximum Gasteiger partial charge on any atom is 0.225 e. The Morgan fingerprint density at radius 3 is 2.58 bits per heavy atom. The lowest BCUT2D eigenvalue weighted by molar-refractivity contribution is -0.116. The summed E-state index contributed by atoms with van der Waals surface area (Å²) >= 11 is 0. The molecule has 0 aliphatic rings. The first-order chi connectivity index (χ1) is 8.92. The van der Waals surface area contributed by atoms with Gasteiger partial charge in [0.15, 0.2) is 0 Å². The van der Waals surface area contributed by atoms with E-state index in [9.17, 15) is 9.59 Å². The molecule has 4 N–H and O–H groups in total. The Bertz CT molecular complexity index is 472. The van der Waals surface area contributed by atoms with Crippen molar-refractivity contribution in [2.75, 3.05) is 17.7 Å². The van der Waals surface area contributed by atoms with Gasteiger partial charge < -0.3 is 21.1 Å². The summed E-state index contributed by atoms with van der Waals surface area (Å²) in [6.45, 7) is 3.18. The van der Waals surface area contributed by atoms with Crippen LogP contribution in [0.5, 0.6) is 5.75 Å². The standard InChI is InChI=1S/C13H19N3O3/c1-8(14)6-13(18)16-10-4-5-11(15-9(2)17)12(7-10)19-3/h4-5,7-8H,6,14H2,1-3H3,(H,15,17)(H,16,18). The number of carbonyl (C=O) groups is 2. The van der Waals surface area contributed by atoms with E-state index in [1.807, 2.05) is 0 Å². The van der Waals surface area contributed by atoms with E-state index in [0.717, 1.165) is 0 Å². The van der Waals surface area contributed by atoms with Gasteiger partial charge in [-0.2, -0.15) is 0 Å². The molecule has 0 aliphatic heterocycles. The number of hydrogen-bond donors (Lipinski definition) is 3. The number of ether oxygens (including phenoxy) is 1. The molecule has 2 amide bonds. The Labute approximate surface area is 112 Å². The third-order valence-corrected chi connectivity index (χ3v) is 2.30. The molecule has 1 rings (SSSR count). The molecule has 1 unspecified atom stereocenters. The summed E-state index contributed by atoms with van der Waals surface area (Å²) in [6, 6.07) is 4.81. The van der Waals surface area contributed by atoms with Crippen LogP contribution in [-0.2, 0) is 9.59 Å². The van der Waals surface area contributed by atoms with Gasteiger partial charge in [-0.15, -0.1) is 0 Å². The molecule has 1 aromatic rings. The minimum atomic E-state index is -0.194. The van der Waals surface area contributed by atoms with Gasteiger partial charge in [0.25, 0.3) is 0 Å². The summed E-state index contributed by atoms with van der Waals surface area (Å²) in [5.74, 6) is 0.130. The van der Waals surface area contributed by atoms with Crippen molar-refractivity contribution in [1.29, 1.82) is 0 Å². The largest absolute Gasteiger partial charge is 0.494 e. The van der Waals surface area contributed by atoms with Crippen LogP contribution < -0.4 is 21.1 Å². The molecule has 0 radical (unpaired) electrons. The van der Waals surface area contributed by atoms with Gasteiger partial charge in [0.1, 0.15) is 5.75 Å². The van der Waals surface area contributed by atoms with Crippen LogP contribution in [0.2, 0.25) is 0 Å². The topological polar surface area (TPSA) is 93.4 Å². The molecule has 0 heterocycles. The highest BCUT2D eigenvalue weighted by molar-refractivity contribution is 5.93. The monoisotopic (exact) mass is 265 g/mol. The Morgan fingerprint density at radius 2 is 2.05 bits per heavy atom. The summed E-state index contributed by atoms with van der Waals surface area (Å²) in [4.78, 5) is 22.6. The van der Waals surface area contributed by atoms with Gasteiger partial charge in [-0.05, 0) is 19.1 Å². The highest BCUT2D eigenvalue weighted by Gasteiger charge is 2.09.